The van der Waals surface area contributed by atoms with Crippen LogP contribution in [0.15, 0.2) is 39.5 Å². The molecule has 3 saturated heterocycles. The van der Waals surface area contributed by atoms with Gasteiger partial charge < -0.3 is 32.8 Å². The molecular weight excluding hydrogens is 408 g/mol. The number of fused-ring (bicyclic) bond motifs is 4. The van der Waals surface area contributed by atoms with Gasteiger partial charge >= 0.3 is 11.6 Å². The fourth-order valence-corrected chi connectivity index (χ4v) is 4.27. The van der Waals surface area contributed by atoms with Gasteiger partial charge in [0.1, 0.15) is 42.2 Å². The minimum atomic E-state index is -0.856. The molecule has 0 N–H and O–H groups in total. The van der Waals surface area contributed by atoms with Crippen LogP contribution in [-0.2, 0) is 28.4 Å². The summed E-state index contributed by atoms with van der Waals surface area (Å²) in [5, 5.41) is 0.624. The number of hydrogen-bond donors (Lipinski definition) is 0. The molecule has 166 valence electrons. The second kappa shape index (κ2) is 7.11. The van der Waals surface area contributed by atoms with Crippen LogP contribution in [0.1, 0.15) is 38.1 Å². The highest BCUT2D eigenvalue weighted by atomic mass is 16.9. The van der Waals surface area contributed by atoms with Crippen molar-refractivity contribution in [1.82, 2.24) is 0 Å². The Balaban J connectivity index is 1.34. The van der Waals surface area contributed by atoms with E-state index in [2.05, 4.69) is 0 Å². The van der Waals surface area contributed by atoms with Gasteiger partial charge in [0, 0.05) is 5.39 Å². The maximum atomic E-state index is 12.6. The fraction of sp³-hybridized carbons (Fsp3) is 0.545. The van der Waals surface area contributed by atoms with Gasteiger partial charge in [-0.2, -0.15) is 0 Å². The third-order valence-electron chi connectivity index (χ3n) is 5.49. The maximum Gasteiger partial charge on any atom is 0.351 e. The first-order chi connectivity index (χ1) is 14.6. The van der Waals surface area contributed by atoms with E-state index in [0.29, 0.717) is 11.0 Å². The number of rotatable bonds is 3. The van der Waals surface area contributed by atoms with Crippen LogP contribution in [0.25, 0.3) is 11.0 Å². The molecule has 3 aliphatic heterocycles. The van der Waals surface area contributed by atoms with Crippen LogP contribution in [0.4, 0.5) is 0 Å². The molecule has 5 rings (SSSR count). The maximum absolute atomic E-state index is 12.6. The lowest BCUT2D eigenvalue weighted by molar-refractivity contribution is -0.240. The topological polar surface area (TPSA) is 103 Å². The summed E-state index contributed by atoms with van der Waals surface area (Å²) >= 11 is 0. The Morgan fingerprint density at radius 1 is 0.968 bits per heavy atom. The number of esters is 1. The summed E-state index contributed by atoms with van der Waals surface area (Å²) in [6.07, 6.45) is -2.81. The molecule has 1 aromatic carbocycles. The molecule has 3 fully saturated rings. The molecule has 0 unspecified atom stereocenters. The van der Waals surface area contributed by atoms with E-state index in [1.807, 2.05) is 0 Å². The van der Waals surface area contributed by atoms with Crippen LogP contribution in [-0.4, -0.2) is 54.9 Å². The first-order valence-corrected chi connectivity index (χ1v) is 10.2. The summed E-state index contributed by atoms with van der Waals surface area (Å²) < 4.78 is 40.5. The molecule has 31 heavy (non-hydrogen) atoms. The van der Waals surface area contributed by atoms with Crippen LogP contribution >= 0.6 is 0 Å². The van der Waals surface area contributed by atoms with E-state index in [9.17, 15) is 9.59 Å². The molecule has 9 heteroatoms. The fourth-order valence-electron chi connectivity index (χ4n) is 4.27. The van der Waals surface area contributed by atoms with Crippen molar-refractivity contribution < 1.29 is 37.6 Å². The Morgan fingerprint density at radius 3 is 2.45 bits per heavy atom. The van der Waals surface area contributed by atoms with E-state index in [1.54, 1.807) is 52.0 Å². The molecule has 1 aromatic heterocycles. The smallest absolute Gasteiger partial charge is 0.351 e. The van der Waals surface area contributed by atoms with Gasteiger partial charge in [0.05, 0.1) is 0 Å². The van der Waals surface area contributed by atoms with Crippen molar-refractivity contribution in [3.63, 3.8) is 0 Å². The standard InChI is InChI=1S/C22H24O9/c1-21(2)28-15-14(27-20-17(16(15)29-21)30-22(3,4)31-20)10-25-18(23)12-9-11-7-5-6-8-13(11)26-19(12)24/h5-9,14-17,20H,10H2,1-4H3/t14-,15+,16+,17-,20-/m1/s1. The van der Waals surface area contributed by atoms with Gasteiger partial charge in [-0.3, -0.25) is 0 Å². The van der Waals surface area contributed by atoms with Crippen LogP contribution in [0.2, 0.25) is 0 Å². The van der Waals surface area contributed by atoms with Crippen molar-refractivity contribution in [1.29, 1.82) is 0 Å². The number of hydrogen-bond acceptors (Lipinski definition) is 9. The van der Waals surface area contributed by atoms with Crippen LogP contribution in [0, 0.1) is 0 Å². The van der Waals surface area contributed by atoms with Crippen LogP contribution in [0.3, 0.4) is 0 Å². The molecule has 4 heterocycles. The molecule has 9 nitrogen and oxygen atoms in total. The summed E-state index contributed by atoms with van der Waals surface area (Å²) in [6, 6.07) is 8.39. The Bertz CT molecular complexity index is 1070. The van der Waals surface area contributed by atoms with Crippen molar-refractivity contribution in [2.24, 2.45) is 0 Å². The van der Waals surface area contributed by atoms with Crippen molar-refractivity contribution >= 4 is 16.9 Å². The van der Waals surface area contributed by atoms with Crippen molar-refractivity contribution in [2.75, 3.05) is 6.61 Å². The molecule has 3 aliphatic rings. The van der Waals surface area contributed by atoms with Gasteiger partial charge in [0.25, 0.3) is 0 Å². The molecule has 0 spiro atoms. The molecule has 0 saturated carbocycles. The quantitative estimate of drug-likeness (QED) is 0.534. The third kappa shape index (κ3) is 3.77. The molecule has 0 amide bonds. The third-order valence-corrected chi connectivity index (χ3v) is 5.49. The van der Waals surface area contributed by atoms with Gasteiger partial charge in [-0.15, -0.1) is 0 Å². The zero-order chi connectivity index (χ0) is 22.0. The number of benzene rings is 1. The number of carbonyl (C=O) groups excluding carboxylic acids is 1. The first kappa shape index (κ1) is 20.6. The average Bonchev–Trinajstić information content (AvgIpc) is 3.19. The predicted octanol–water partition coefficient (Wildman–Crippen LogP) is 2.35. The average molecular weight is 432 g/mol. The van der Waals surface area contributed by atoms with Gasteiger partial charge in [-0.25, -0.2) is 9.59 Å². The summed E-state index contributed by atoms with van der Waals surface area (Å²) in [5.74, 6) is -2.50. The lowest BCUT2D eigenvalue weighted by atomic mass is 9.99. The first-order valence-electron chi connectivity index (χ1n) is 10.2. The van der Waals surface area contributed by atoms with Crippen molar-refractivity contribution in [2.45, 2.75) is 70.0 Å². The summed E-state index contributed by atoms with van der Waals surface area (Å²) in [6.45, 7) is 7.02. The monoisotopic (exact) mass is 432 g/mol. The van der Waals surface area contributed by atoms with Gasteiger partial charge in [0.2, 0.25) is 0 Å². The van der Waals surface area contributed by atoms with Crippen molar-refractivity contribution in [3.05, 3.63) is 46.3 Å². The lowest BCUT2D eigenvalue weighted by Gasteiger charge is -2.36. The lowest BCUT2D eigenvalue weighted by Crippen LogP contribution is -2.56. The summed E-state index contributed by atoms with van der Waals surface area (Å²) in [7, 11) is 0. The normalized spacial score (nSPS) is 33.1. The van der Waals surface area contributed by atoms with E-state index in [0.717, 1.165) is 0 Å². The van der Waals surface area contributed by atoms with E-state index in [-0.39, 0.29) is 12.2 Å². The van der Waals surface area contributed by atoms with E-state index in [1.165, 1.54) is 6.07 Å². The van der Waals surface area contributed by atoms with E-state index < -0.39 is 53.9 Å². The molecule has 0 bridgehead atoms. The Kier molecular flexibility index (Phi) is 4.72. The molecule has 0 radical (unpaired) electrons. The highest BCUT2D eigenvalue weighted by Crippen LogP contribution is 2.44. The minimum Gasteiger partial charge on any atom is -0.459 e. The van der Waals surface area contributed by atoms with Crippen LogP contribution < -0.4 is 5.63 Å². The Labute approximate surface area is 178 Å². The number of carbonyl (C=O) groups is 1. The second-order valence-corrected chi connectivity index (χ2v) is 8.79. The highest BCUT2D eigenvalue weighted by molar-refractivity contribution is 5.92. The predicted molar refractivity (Wildman–Crippen MR) is 105 cm³/mol. The van der Waals surface area contributed by atoms with Gasteiger partial charge in [-0.05, 0) is 39.8 Å². The molecule has 2 aromatic rings. The minimum absolute atomic E-state index is 0.154. The SMILES string of the molecule is CC1(C)O[C@H]2[C@@H](O1)[C@@H](COC(=O)c1cc3ccccc3oc1=O)O[C@@H]1OC(C)(C)O[C@@H]12. The van der Waals surface area contributed by atoms with Gasteiger partial charge in [0.15, 0.2) is 17.9 Å². The molecular formula is C22H24O9. The Morgan fingerprint density at radius 2 is 1.65 bits per heavy atom. The van der Waals surface area contributed by atoms with Crippen LogP contribution in [0.5, 0.6) is 0 Å². The van der Waals surface area contributed by atoms with E-state index in [4.69, 9.17) is 32.8 Å². The summed E-state index contributed by atoms with van der Waals surface area (Å²) in [4.78, 5) is 24.9. The largest absolute Gasteiger partial charge is 0.459 e. The van der Waals surface area contributed by atoms with Gasteiger partial charge in [-0.1, -0.05) is 18.2 Å². The zero-order valence-electron chi connectivity index (χ0n) is 17.7. The van der Waals surface area contributed by atoms with E-state index >= 15 is 0 Å². The highest BCUT2D eigenvalue weighted by Gasteiger charge is 2.60. The molecule has 0 aliphatic carbocycles. The Hall–Kier alpha value is -2.30. The zero-order valence-corrected chi connectivity index (χ0v) is 17.7. The number of ether oxygens (including phenoxy) is 6. The molecule has 5 atom stereocenters. The summed E-state index contributed by atoms with van der Waals surface area (Å²) in [5.41, 5.74) is -0.551. The number of para-hydroxylation sites is 1. The second-order valence-electron chi connectivity index (χ2n) is 8.79. The van der Waals surface area contributed by atoms with Crippen molar-refractivity contribution in [3.8, 4) is 0 Å².